The number of halogens is 1. The van der Waals surface area contributed by atoms with Crippen molar-refractivity contribution in [2.75, 3.05) is 6.79 Å². The summed E-state index contributed by atoms with van der Waals surface area (Å²) >= 11 is 3.37. The lowest BCUT2D eigenvalue weighted by Gasteiger charge is -2.12. The van der Waals surface area contributed by atoms with Crippen LogP contribution in [0.15, 0.2) is 46.9 Å². The van der Waals surface area contributed by atoms with Crippen molar-refractivity contribution in [3.05, 3.63) is 58.1 Å². The maximum atomic E-state index is 10.3. The summed E-state index contributed by atoms with van der Waals surface area (Å²) in [7, 11) is 0. The minimum atomic E-state index is -0.660. The number of aliphatic hydroxyl groups excluding tert-OH is 1. The standard InChI is InChI=1S/C14H11BrO3/c15-11-4-1-9(2-5-11)14(16)10-3-6-12-13(7-10)18-8-17-12/h1-7,14,16H,8H2/t14-/m1/s1. The molecule has 1 heterocycles. The molecule has 1 aliphatic heterocycles. The number of aliphatic hydroxyl groups is 1. The van der Waals surface area contributed by atoms with E-state index in [9.17, 15) is 5.11 Å². The van der Waals surface area contributed by atoms with Crippen LogP contribution in [0.3, 0.4) is 0 Å². The zero-order chi connectivity index (χ0) is 12.5. The number of fused-ring (bicyclic) bond motifs is 1. The van der Waals surface area contributed by atoms with Crippen LogP contribution in [0.25, 0.3) is 0 Å². The molecule has 2 aromatic rings. The van der Waals surface area contributed by atoms with Crippen LogP contribution in [0.1, 0.15) is 17.2 Å². The van der Waals surface area contributed by atoms with Crippen LogP contribution in [0.4, 0.5) is 0 Å². The summed E-state index contributed by atoms with van der Waals surface area (Å²) < 4.78 is 11.5. The van der Waals surface area contributed by atoms with Crippen LogP contribution < -0.4 is 9.47 Å². The molecule has 92 valence electrons. The third-order valence-electron chi connectivity index (χ3n) is 2.90. The van der Waals surface area contributed by atoms with Crippen LogP contribution in [-0.2, 0) is 0 Å². The predicted molar refractivity (Wildman–Crippen MR) is 70.8 cm³/mol. The van der Waals surface area contributed by atoms with Crippen LogP contribution >= 0.6 is 15.9 Å². The van der Waals surface area contributed by atoms with Gasteiger partial charge in [0, 0.05) is 4.47 Å². The molecule has 1 atom stereocenters. The van der Waals surface area contributed by atoms with Crippen LogP contribution in [-0.4, -0.2) is 11.9 Å². The summed E-state index contributed by atoms with van der Waals surface area (Å²) in [5.41, 5.74) is 1.64. The van der Waals surface area contributed by atoms with Crippen molar-refractivity contribution in [1.29, 1.82) is 0 Å². The van der Waals surface area contributed by atoms with Crippen molar-refractivity contribution >= 4 is 15.9 Å². The molecule has 0 spiro atoms. The third-order valence-corrected chi connectivity index (χ3v) is 3.43. The number of hydrogen-bond acceptors (Lipinski definition) is 3. The third kappa shape index (κ3) is 2.09. The molecule has 18 heavy (non-hydrogen) atoms. The molecule has 0 saturated heterocycles. The highest BCUT2D eigenvalue weighted by molar-refractivity contribution is 9.10. The molecule has 0 unspecified atom stereocenters. The summed E-state index contributed by atoms with van der Waals surface area (Å²) in [5.74, 6) is 1.41. The van der Waals surface area contributed by atoms with Crippen molar-refractivity contribution in [1.82, 2.24) is 0 Å². The van der Waals surface area contributed by atoms with E-state index in [2.05, 4.69) is 15.9 Å². The Morgan fingerprint density at radius 3 is 2.39 bits per heavy atom. The minimum absolute atomic E-state index is 0.243. The van der Waals surface area contributed by atoms with Gasteiger partial charge in [0.15, 0.2) is 11.5 Å². The van der Waals surface area contributed by atoms with Gasteiger partial charge in [-0.3, -0.25) is 0 Å². The second-order valence-electron chi connectivity index (χ2n) is 4.07. The molecule has 0 saturated carbocycles. The van der Waals surface area contributed by atoms with Gasteiger partial charge in [0.05, 0.1) is 0 Å². The Balaban J connectivity index is 1.92. The molecule has 3 rings (SSSR count). The average molecular weight is 307 g/mol. The first-order chi connectivity index (χ1) is 8.74. The van der Waals surface area contributed by atoms with E-state index in [1.807, 2.05) is 42.5 Å². The topological polar surface area (TPSA) is 38.7 Å². The lowest BCUT2D eigenvalue weighted by Crippen LogP contribution is -1.99. The highest BCUT2D eigenvalue weighted by atomic mass is 79.9. The smallest absolute Gasteiger partial charge is 0.231 e. The fraction of sp³-hybridized carbons (Fsp3) is 0.143. The Hall–Kier alpha value is -1.52. The lowest BCUT2D eigenvalue weighted by atomic mass is 10.0. The maximum Gasteiger partial charge on any atom is 0.231 e. The summed E-state index contributed by atoms with van der Waals surface area (Å²) in [5, 5.41) is 10.3. The zero-order valence-electron chi connectivity index (χ0n) is 9.47. The molecule has 0 fully saturated rings. The molecule has 0 radical (unpaired) electrons. The molecule has 3 nitrogen and oxygen atoms in total. The van der Waals surface area contributed by atoms with E-state index >= 15 is 0 Å². The van der Waals surface area contributed by atoms with E-state index in [1.54, 1.807) is 0 Å². The zero-order valence-corrected chi connectivity index (χ0v) is 11.1. The molecule has 1 N–H and O–H groups in total. The second kappa shape index (κ2) is 4.63. The quantitative estimate of drug-likeness (QED) is 0.925. The van der Waals surface area contributed by atoms with Crippen molar-refractivity contribution in [2.24, 2.45) is 0 Å². The Morgan fingerprint density at radius 1 is 0.944 bits per heavy atom. The molecule has 0 bridgehead atoms. The monoisotopic (exact) mass is 306 g/mol. The first-order valence-corrected chi connectivity index (χ1v) is 6.36. The van der Waals surface area contributed by atoms with Crippen LogP contribution in [0, 0.1) is 0 Å². The predicted octanol–water partition coefficient (Wildman–Crippen LogP) is 3.26. The summed E-state index contributed by atoms with van der Waals surface area (Å²) in [6.07, 6.45) is -0.660. The first kappa shape index (κ1) is 11.6. The van der Waals surface area contributed by atoms with E-state index in [0.29, 0.717) is 5.75 Å². The van der Waals surface area contributed by atoms with E-state index in [4.69, 9.17) is 9.47 Å². The maximum absolute atomic E-state index is 10.3. The van der Waals surface area contributed by atoms with Gasteiger partial charge >= 0.3 is 0 Å². The fourth-order valence-corrected chi connectivity index (χ4v) is 2.19. The number of rotatable bonds is 2. The van der Waals surface area contributed by atoms with Crippen molar-refractivity contribution in [3.63, 3.8) is 0 Å². The molecule has 0 aromatic heterocycles. The fourth-order valence-electron chi connectivity index (χ4n) is 1.92. The molecule has 2 aromatic carbocycles. The second-order valence-corrected chi connectivity index (χ2v) is 4.98. The largest absolute Gasteiger partial charge is 0.454 e. The highest BCUT2D eigenvalue weighted by Gasteiger charge is 2.17. The summed E-state index contributed by atoms with van der Waals surface area (Å²) in [4.78, 5) is 0. The van der Waals surface area contributed by atoms with Crippen molar-refractivity contribution in [3.8, 4) is 11.5 Å². The van der Waals surface area contributed by atoms with Crippen molar-refractivity contribution < 1.29 is 14.6 Å². The number of benzene rings is 2. The van der Waals surface area contributed by atoms with E-state index in [0.717, 1.165) is 21.3 Å². The lowest BCUT2D eigenvalue weighted by molar-refractivity contribution is 0.173. The van der Waals surface area contributed by atoms with Gasteiger partial charge in [-0.1, -0.05) is 34.1 Å². The molecule has 1 aliphatic rings. The van der Waals surface area contributed by atoms with Gasteiger partial charge in [0.2, 0.25) is 6.79 Å². The van der Waals surface area contributed by atoms with E-state index in [1.165, 1.54) is 0 Å². The van der Waals surface area contributed by atoms with E-state index < -0.39 is 6.10 Å². The first-order valence-electron chi connectivity index (χ1n) is 5.57. The Morgan fingerprint density at radius 2 is 1.61 bits per heavy atom. The molecule has 0 aliphatic carbocycles. The Labute approximate surface area is 113 Å². The number of ether oxygens (including phenoxy) is 2. The van der Waals surface area contributed by atoms with Gasteiger partial charge in [-0.25, -0.2) is 0 Å². The molecular formula is C14H11BrO3. The van der Waals surface area contributed by atoms with Crippen molar-refractivity contribution in [2.45, 2.75) is 6.10 Å². The van der Waals surface area contributed by atoms with Gasteiger partial charge in [0.25, 0.3) is 0 Å². The number of hydrogen-bond donors (Lipinski definition) is 1. The summed E-state index contributed by atoms with van der Waals surface area (Å²) in [6.45, 7) is 0.243. The Kier molecular flexibility index (Phi) is 2.97. The molecular weight excluding hydrogens is 296 g/mol. The summed E-state index contributed by atoms with van der Waals surface area (Å²) in [6, 6.07) is 13.1. The molecule has 0 amide bonds. The van der Waals surface area contributed by atoms with Gasteiger partial charge in [-0.15, -0.1) is 0 Å². The normalized spacial score (nSPS) is 14.6. The van der Waals surface area contributed by atoms with Gasteiger partial charge < -0.3 is 14.6 Å². The highest BCUT2D eigenvalue weighted by Crippen LogP contribution is 2.35. The van der Waals surface area contributed by atoms with E-state index in [-0.39, 0.29) is 6.79 Å². The van der Waals surface area contributed by atoms with Gasteiger partial charge in [0.1, 0.15) is 6.10 Å². The van der Waals surface area contributed by atoms with Gasteiger partial charge in [-0.2, -0.15) is 0 Å². The Bertz CT molecular complexity index is 566. The van der Waals surface area contributed by atoms with Gasteiger partial charge in [-0.05, 0) is 35.4 Å². The minimum Gasteiger partial charge on any atom is -0.454 e. The van der Waals surface area contributed by atoms with Crippen LogP contribution in [0.5, 0.6) is 11.5 Å². The SMILES string of the molecule is O[C@H](c1ccc(Br)cc1)c1ccc2c(c1)OCO2. The average Bonchev–Trinajstić information content (AvgIpc) is 2.86. The van der Waals surface area contributed by atoms with Crippen LogP contribution in [0.2, 0.25) is 0 Å². The molecule has 4 heteroatoms.